The molecule has 2 aliphatic rings. The van der Waals surface area contributed by atoms with E-state index in [2.05, 4.69) is 53.0 Å². The Hall–Kier alpha value is -1.55. The van der Waals surface area contributed by atoms with E-state index in [-0.39, 0.29) is 0 Å². The van der Waals surface area contributed by atoms with Crippen molar-refractivity contribution in [1.29, 1.82) is 0 Å². The summed E-state index contributed by atoms with van der Waals surface area (Å²) >= 11 is 0. The third-order valence-corrected chi connectivity index (χ3v) is 5.07. The fraction of sp³-hybridized carbons (Fsp3) is 0.611. The van der Waals surface area contributed by atoms with E-state index in [4.69, 9.17) is 5.73 Å². The molecule has 1 aromatic carbocycles. The lowest BCUT2D eigenvalue weighted by atomic mass is 9.98. The van der Waals surface area contributed by atoms with E-state index >= 15 is 0 Å². The van der Waals surface area contributed by atoms with Crippen LogP contribution in [0.5, 0.6) is 0 Å². The second-order valence-electron chi connectivity index (χ2n) is 6.59. The Balaban J connectivity index is 1.61. The molecule has 2 N–H and O–H groups in total. The number of hydrogen-bond acceptors (Lipinski definition) is 2. The Morgan fingerprint density at radius 1 is 1.36 bits per heavy atom. The predicted molar refractivity (Wildman–Crippen MR) is 91.9 cm³/mol. The zero-order chi connectivity index (χ0) is 15.5. The van der Waals surface area contributed by atoms with Gasteiger partial charge in [0, 0.05) is 32.2 Å². The zero-order valence-electron chi connectivity index (χ0n) is 13.8. The molecule has 0 bridgehead atoms. The average Bonchev–Trinajstić information content (AvgIpc) is 3.39. The molecule has 22 heavy (non-hydrogen) atoms. The number of aliphatic imine (C=N–C) groups is 1. The van der Waals surface area contributed by atoms with Crippen LogP contribution in [0.1, 0.15) is 37.3 Å². The highest BCUT2D eigenvalue weighted by Gasteiger charge is 2.28. The number of rotatable bonds is 5. The van der Waals surface area contributed by atoms with Gasteiger partial charge in [-0.15, -0.1) is 0 Å². The quantitative estimate of drug-likeness (QED) is 0.670. The fourth-order valence-corrected chi connectivity index (χ4v) is 3.29. The first kappa shape index (κ1) is 15.3. The Morgan fingerprint density at radius 2 is 2.09 bits per heavy atom. The van der Waals surface area contributed by atoms with E-state index in [1.807, 2.05) is 0 Å². The Bertz CT molecular complexity index is 536. The minimum Gasteiger partial charge on any atom is -0.370 e. The molecule has 1 aromatic rings. The van der Waals surface area contributed by atoms with Crippen molar-refractivity contribution in [3.8, 4) is 0 Å². The Kier molecular flexibility index (Phi) is 4.67. The molecule has 1 fully saturated rings. The van der Waals surface area contributed by atoms with Crippen LogP contribution >= 0.6 is 0 Å². The summed E-state index contributed by atoms with van der Waals surface area (Å²) in [5.41, 5.74) is 9.10. The van der Waals surface area contributed by atoms with Gasteiger partial charge in [0.05, 0.1) is 6.54 Å². The number of fused-ring (bicyclic) bond motifs is 1. The highest BCUT2D eigenvalue weighted by Crippen LogP contribution is 2.25. The van der Waals surface area contributed by atoms with Gasteiger partial charge >= 0.3 is 0 Å². The summed E-state index contributed by atoms with van der Waals surface area (Å²) in [7, 11) is 2.06. The Labute approximate surface area is 134 Å². The van der Waals surface area contributed by atoms with Crippen LogP contribution in [0.15, 0.2) is 29.3 Å². The van der Waals surface area contributed by atoms with Crippen LogP contribution in [0.25, 0.3) is 0 Å². The second kappa shape index (κ2) is 6.69. The van der Waals surface area contributed by atoms with Gasteiger partial charge in [0.25, 0.3) is 0 Å². The molecular weight excluding hydrogens is 272 g/mol. The average molecular weight is 300 g/mol. The first-order chi connectivity index (χ1) is 10.7. The molecule has 0 unspecified atom stereocenters. The lowest BCUT2D eigenvalue weighted by Gasteiger charge is -2.34. The normalized spacial score (nSPS) is 20.5. The number of nitrogens with zero attached hydrogens (tertiary/aromatic N) is 3. The summed E-state index contributed by atoms with van der Waals surface area (Å²) in [5, 5.41) is 0. The molecule has 0 saturated heterocycles. The lowest BCUT2D eigenvalue weighted by molar-refractivity contribution is 0.178. The second-order valence-corrected chi connectivity index (χ2v) is 6.59. The van der Waals surface area contributed by atoms with Crippen molar-refractivity contribution in [2.45, 2.75) is 51.2 Å². The molecular formula is C18H28N4. The molecule has 0 radical (unpaired) electrons. The van der Waals surface area contributed by atoms with Crippen molar-refractivity contribution >= 4 is 5.96 Å². The first-order valence-corrected chi connectivity index (χ1v) is 8.52. The standard InChI is InChI=1S/C18H28N4/c1-3-16(12-20-18(19)21(2)17-8-9-17)22-11-10-14-6-4-5-7-15(14)13-22/h4-7,16-17H,3,8-13H2,1-2H3,(H2,19,20)/t16-/m1/s1. The molecule has 0 aromatic heterocycles. The molecule has 0 amide bonds. The van der Waals surface area contributed by atoms with E-state index in [9.17, 15) is 0 Å². The maximum absolute atomic E-state index is 6.12. The third kappa shape index (κ3) is 3.43. The minimum atomic E-state index is 0.486. The van der Waals surface area contributed by atoms with E-state index < -0.39 is 0 Å². The van der Waals surface area contributed by atoms with Gasteiger partial charge in [-0.2, -0.15) is 0 Å². The van der Waals surface area contributed by atoms with Gasteiger partial charge in [-0.25, -0.2) is 0 Å². The van der Waals surface area contributed by atoms with Crippen LogP contribution < -0.4 is 5.73 Å². The van der Waals surface area contributed by atoms with E-state index in [0.29, 0.717) is 18.0 Å². The molecule has 1 aliphatic carbocycles. The SMILES string of the molecule is CC[C@H](CN=C(N)N(C)C1CC1)N1CCc2ccccc2C1. The maximum atomic E-state index is 6.12. The van der Waals surface area contributed by atoms with Gasteiger partial charge < -0.3 is 10.6 Å². The third-order valence-electron chi connectivity index (χ3n) is 5.07. The summed E-state index contributed by atoms with van der Waals surface area (Å²) in [6.07, 6.45) is 4.78. The Morgan fingerprint density at radius 3 is 2.77 bits per heavy atom. The minimum absolute atomic E-state index is 0.486. The lowest BCUT2D eigenvalue weighted by Crippen LogP contribution is -2.42. The van der Waals surface area contributed by atoms with Crippen LogP contribution in [0.3, 0.4) is 0 Å². The molecule has 3 rings (SSSR count). The van der Waals surface area contributed by atoms with Crippen molar-refractivity contribution in [2.24, 2.45) is 10.7 Å². The number of guanidine groups is 1. The molecule has 1 atom stereocenters. The van der Waals surface area contributed by atoms with Crippen LogP contribution in [0, 0.1) is 0 Å². The highest BCUT2D eigenvalue weighted by molar-refractivity contribution is 5.78. The number of hydrogen-bond donors (Lipinski definition) is 1. The van der Waals surface area contributed by atoms with Crippen molar-refractivity contribution in [3.05, 3.63) is 35.4 Å². The molecule has 120 valence electrons. The van der Waals surface area contributed by atoms with Gasteiger partial charge in [0.1, 0.15) is 0 Å². The van der Waals surface area contributed by atoms with Crippen molar-refractivity contribution < 1.29 is 0 Å². The largest absolute Gasteiger partial charge is 0.370 e. The van der Waals surface area contributed by atoms with Crippen LogP contribution in [0.4, 0.5) is 0 Å². The van der Waals surface area contributed by atoms with Crippen molar-refractivity contribution in [1.82, 2.24) is 9.80 Å². The fourth-order valence-electron chi connectivity index (χ4n) is 3.29. The smallest absolute Gasteiger partial charge is 0.191 e. The predicted octanol–water partition coefficient (Wildman–Crippen LogP) is 2.23. The van der Waals surface area contributed by atoms with Crippen molar-refractivity contribution in [2.75, 3.05) is 20.1 Å². The van der Waals surface area contributed by atoms with E-state index in [0.717, 1.165) is 32.5 Å². The topological polar surface area (TPSA) is 44.9 Å². The summed E-state index contributed by atoms with van der Waals surface area (Å²) < 4.78 is 0. The van der Waals surface area contributed by atoms with Gasteiger partial charge in [-0.1, -0.05) is 31.2 Å². The molecule has 4 nitrogen and oxygen atoms in total. The molecule has 1 saturated carbocycles. The summed E-state index contributed by atoms with van der Waals surface area (Å²) in [6.45, 7) is 5.23. The number of nitrogens with two attached hydrogens (primary N) is 1. The highest BCUT2D eigenvalue weighted by atomic mass is 15.3. The number of benzene rings is 1. The summed E-state index contributed by atoms with van der Waals surface area (Å²) in [5.74, 6) is 0.707. The van der Waals surface area contributed by atoms with E-state index in [1.54, 1.807) is 0 Å². The van der Waals surface area contributed by atoms with Crippen LogP contribution in [-0.2, 0) is 13.0 Å². The van der Waals surface area contributed by atoms with Gasteiger partial charge in [-0.3, -0.25) is 9.89 Å². The van der Waals surface area contributed by atoms with Gasteiger partial charge in [0.15, 0.2) is 5.96 Å². The first-order valence-electron chi connectivity index (χ1n) is 8.52. The maximum Gasteiger partial charge on any atom is 0.191 e. The monoisotopic (exact) mass is 300 g/mol. The van der Waals surface area contributed by atoms with Crippen LogP contribution in [0.2, 0.25) is 0 Å². The van der Waals surface area contributed by atoms with Gasteiger partial charge in [-0.05, 0) is 36.8 Å². The van der Waals surface area contributed by atoms with E-state index in [1.165, 1.54) is 24.0 Å². The van der Waals surface area contributed by atoms with Crippen molar-refractivity contribution in [3.63, 3.8) is 0 Å². The molecule has 1 aliphatic heterocycles. The van der Waals surface area contributed by atoms with Crippen LogP contribution in [-0.4, -0.2) is 48.0 Å². The summed E-state index contributed by atoms with van der Waals surface area (Å²) in [6, 6.07) is 9.92. The van der Waals surface area contributed by atoms with Gasteiger partial charge in [0.2, 0.25) is 0 Å². The molecule has 0 spiro atoms. The zero-order valence-corrected chi connectivity index (χ0v) is 13.8. The summed E-state index contributed by atoms with van der Waals surface area (Å²) in [4.78, 5) is 9.37. The molecule has 1 heterocycles. The molecule has 4 heteroatoms.